The molecule has 0 spiro atoms. The normalized spacial score (nSPS) is 12.8. The Balaban J connectivity index is 2.19. The minimum absolute atomic E-state index is 0.00649. The van der Waals surface area contributed by atoms with Crippen molar-refractivity contribution in [3.05, 3.63) is 56.0 Å². The third kappa shape index (κ3) is 5.90. The number of ether oxygens (including phenoxy) is 2. The summed E-state index contributed by atoms with van der Waals surface area (Å²) in [6.07, 6.45) is -5.87. The Bertz CT molecular complexity index is 1000. The number of nitrogens with zero attached hydrogens (tertiary/aromatic N) is 1. The highest BCUT2D eigenvalue weighted by molar-refractivity contribution is 9.10. The van der Waals surface area contributed by atoms with E-state index in [1.165, 1.54) is 25.3 Å². The summed E-state index contributed by atoms with van der Waals surface area (Å²) in [5.74, 6) is -6.07. The molecule has 0 unspecified atom stereocenters. The predicted octanol–water partition coefficient (Wildman–Crippen LogP) is 7.06. The summed E-state index contributed by atoms with van der Waals surface area (Å²) in [5.41, 5.74) is 1.14. The number of methoxy groups -OCH3 is 1. The quantitative estimate of drug-likeness (QED) is 0.160. The molecule has 0 amide bonds. The molecule has 0 aliphatic rings. The summed E-state index contributed by atoms with van der Waals surface area (Å²) < 4.78 is 99.7. The number of rotatable bonds is 8. The molecule has 0 aromatic heterocycles. The van der Waals surface area contributed by atoms with Crippen molar-refractivity contribution in [2.45, 2.75) is 24.8 Å². The van der Waals surface area contributed by atoms with E-state index in [0.717, 1.165) is 0 Å². The molecule has 0 saturated heterocycles. The van der Waals surface area contributed by atoms with E-state index in [-0.39, 0.29) is 28.1 Å². The number of halogens is 10. The van der Waals surface area contributed by atoms with Gasteiger partial charge in [0.05, 0.1) is 13.3 Å². The Morgan fingerprint density at radius 2 is 1.69 bits per heavy atom. The summed E-state index contributed by atoms with van der Waals surface area (Å²) in [6, 6.07) is 1.65. The van der Waals surface area contributed by atoms with E-state index in [9.17, 15) is 30.7 Å². The van der Waals surface area contributed by atoms with Gasteiger partial charge in [-0.25, -0.2) is 5.43 Å². The van der Waals surface area contributed by atoms with E-state index < -0.39 is 18.1 Å². The zero-order chi connectivity index (χ0) is 24.3. The third-order valence-electron chi connectivity index (χ3n) is 3.84. The first kappa shape index (κ1) is 26.3. The molecule has 0 fully saturated rings. The molecule has 0 aliphatic heterocycles. The standard InChI is InChI=1S/C18H12BrCl2F7N2O2/c1-31-14-4-10(7-29-30-18(27,28)16(22,23)17(24,25)26)12(19)6-15(14)32-8-9-2-3-11(20)5-13(9)21/h2-7,30H,8H2,1H3/b29-7+. The van der Waals surface area contributed by atoms with Gasteiger partial charge >= 0.3 is 18.1 Å². The molecule has 32 heavy (non-hydrogen) atoms. The second kappa shape index (κ2) is 9.92. The van der Waals surface area contributed by atoms with Crippen LogP contribution in [-0.4, -0.2) is 31.5 Å². The molecule has 4 nitrogen and oxygen atoms in total. The Hall–Kier alpha value is -1.92. The molecule has 176 valence electrons. The number of benzene rings is 2. The van der Waals surface area contributed by atoms with Gasteiger partial charge in [0.15, 0.2) is 11.5 Å². The SMILES string of the molecule is COc1cc(/C=N/NC(F)(F)C(F)(F)C(F)(F)F)c(Br)cc1OCc1ccc(Cl)cc1Cl. The van der Waals surface area contributed by atoms with E-state index in [1.807, 2.05) is 0 Å². The van der Waals surface area contributed by atoms with Crippen molar-refractivity contribution in [3.63, 3.8) is 0 Å². The van der Waals surface area contributed by atoms with Crippen molar-refractivity contribution < 1.29 is 40.2 Å². The number of alkyl halides is 7. The molecule has 0 atom stereocenters. The summed E-state index contributed by atoms with van der Waals surface area (Å²) in [4.78, 5) is 0. The van der Waals surface area contributed by atoms with Gasteiger partial charge < -0.3 is 9.47 Å². The zero-order valence-corrected chi connectivity index (χ0v) is 18.8. The van der Waals surface area contributed by atoms with Crippen molar-refractivity contribution in [1.82, 2.24) is 5.43 Å². The lowest BCUT2D eigenvalue weighted by molar-refractivity contribution is -0.361. The molecular weight excluding hydrogens is 560 g/mol. The van der Waals surface area contributed by atoms with Crippen LogP contribution in [0.1, 0.15) is 11.1 Å². The average Bonchev–Trinajstić information content (AvgIpc) is 2.67. The van der Waals surface area contributed by atoms with Gasteiger partial charge in [0.2, 0.25) is 0 Å². The number of nitrogens with one attached hydrogen (secondary N) is 1. The van der Waals surface area contributed by atoms with E-state index in [4.69, 9.17) is 32.7 Å². The lowest BCUT2D eigenvalue weighted by atomic mass is 10.2. The highest BCUT2D eigenvalue weighted by atomic mass is 79.9. The van der Waals surface area contributed by atoms with Crippen LogP contribution in [0.3, 0.4) is 0 Å². The maximum atomic E-state index is 13.3. The maximum Gasteiger partial charge on any atom is 0.462 e. The van der Waals surface area contributed by atoms with Gasteiger partial charge in [0, 0.05) is 25.6 Å². The fraction of sp³-hybridized carbons (Fsp3) is 0.278. The zero-order valence-electron chi connectivity index (χ0n) is 15.7. The van der Waals surface area contributed by atoms with Crippen LogP contribution < -0.4 is 14.9 Å². The van der Waals surface area contributed by atoms with E-state index in [1.54, 1.807) is 12.1 Å². The van der Waals surface area contributed by atoms with Gasteiger partial charge in [-0.3, -0.25) is 0 Å². The van der Waals surface area contributed by atoms with Gasteiger partial charge in [-0.05, 0) is 40.2 Å². The fourth-order valence-electron chi connectivity index (χ4n) is 2.15. The van der Waals surface area contributed by atoms with Gasteiger partial charge in [0.1, 0.15) is 6.61 Å². The van der Waals surface area contributed by atoms with Gasteiger partial charge in [-0.2, -0.15) is 35.8 Å². The van der Waals surface area contributed by atoms with Crippen LogP contribution in [-0.2, 0) is 6.61 Å². The van der Waals surface area contributed by atoms with Crippen LogP contribution in [0.2, 0.25) is 10.0 Å². The molecule has 0 aliphatic carbocycles. The van der Waals surface area contributed by atoms with Crippen molar-refractivity contribution in [2.75, 3.05) is 7.11 Å². The summed E-state index contributed by atoms with van der Waals surface area (Å²) in [7, 11) is 1.27. The van der Waals surface area contributed by atoms with Gasteiger partial charge in [0.25, 0.3) is 0 Å². The Kier molecular flexibility index (Phi) is 8.16. The third-order valence-corrected chi connectivity index (χ3v) is 5.11. The smallest absolute Gasteiger partial charge is 0.462 e. The van der Waals surface area contributed by atoms with Crippen molar-refractivity contribution in [1.29, 1.82) is 0 Å². The molecule has 0 saturated carbocycles. The topological polar surface area (TPSA) is 42.8 Å². The predicted molar refractivity (Wildman–Crippen MR) is 108 cm³/mol. The molecule has 0 heterocycles. The summed E-state index contributed by atoms with van der Waals surface area (Å²) in [6.45, 7) is 0.00649. The fourth-order valence-corrected chi connectivity index (χ4v) is 3.04. The molecule has 2 aromatic carbocycles. The van der Waals surface area contributed by atoms with Crippen LogP contribution in [0, 0.1) is 0 Å². The lowest BCUT2D eigenvalue weighted by Crippen LogP contribution is -2.58. The lowest BCUT2D eigenvalue weighted by Gasteiger charge is -2.27. The highest BCUT2D eigenvalue weighted by Crippen LogP contribution is 2.45. The highest BCUT2D eigenvalue weighted by Gasteiger charge is 2.73. The minimum Gasteiger partial charge on any atom is -0.493 e. The van der Waals surface area contributed by atoms with Crippen LogP contribution in [0.5, 0.6) is 11.5 Å². The minimum atomic E-state index is -6.48. The molecule has 0 bridgehead atoms. The van der Waals surface area contributed by atoms with E-state index >= 15 is 0 Å². The second-order valence-electron chi connectivity index (χ2n) is 6.07. The largest absolute Gasteiger partial charge is 0.493 e. The number of hydrazone groups is 1. The van der Waals surface area contributed by atoms with Gasteiger partial charge in [-0.1, -0.05) is 29.3 Å². The van der Waals surface area contributed by atoms with Crippen molar-refractivity contribution in [3.8, 4) is 11.5 Å². The monoisotopic (exact) mass is 570 g/mol. The first-order valence-electron chi connectivity index (χ1n) is 8.26. The van der Waals surface area contributed by atoms with Crippen LogP contribution in [0.15, 0.2) is 39.9 Å². The molecule has 1 N–H and O–H groups in total. The number of hydrogen-bond acceptors (Lipinski definition) is 4. The van der Waals surface area contributed by atoms with Crippen LogP contribution in [0.25, 0.3) is 0 Å². The van der Waals surface area contributed by atoms with Crippen LogP contribution >= 0.6 is 39.1 Å². The molecular formula is C18H12BrCl2F7N2O2. The molecule has 0 radical (unpaired) electrons. The summed E-state index contributed by atoms with van der Waals surface area (Å²) in [5, 5.41) is 3.59. The average molecular weight is 572 g/mol. The van der Waals surface area contributed by atoms with E-state index in [0.29, 0.717) is 27.2 Å². The molecule has 14 heteroatoms. The van der Waals surface area contributed by atoms with Crippen molar-refractivity contribution >= 4 is 45.3 Å². The Labute approximate surface area is 195 Å². The Morgan fingerprint density at radius 3 is 2.25 bits per heavy atom. The van der Waals surface area contributed by atoms with Crippen LogP contribution in [0.4, 0.5) is 30.7 Å². The van der Waals surface area contributed by atoms with Gasteiger partial charge in [-0.15, -0.1) is 0 Å². The molecule has 2 rings (SSSR count). The summed E-state index contributed by atoms with van der Waals surface area (Å²) >= 11 is 15.0. The first-order valence-corrected chi connectivity index (χ1v) is 9.81. The first-order chi connectivity index (χ1) is 14.7. The second-order valence-corrected chi connectivity index (χ2v) is 7.76. The Morgan fingerprint density at radius 1 is 1.03 bits per heavy atom. The molecule has 2 aromatic rings. The number of hydrogen-bond donors (Lipinski definition) is 1. The van der Waals surface area contributed by atoms with E-state index in [2.05, 4.69) is 21.0 Å². The van der Waals surface area contributed by atoms with Crippen molar-refractivity contribution in [2.24, 2.45) is 5.10 Å². The maximum absolute atomic E-state index is 13.3.